The summed E-state index contributed by atoms with van der Waals surface area (Å²) in [6, 6.07) is 2.56. The molecule has 0 spiro atoms. The molecule has 0 bridgehead atoms. The lowest BCUT2D eigenvalue weighted by molar-refractivity contribution is 0.424. The molecule has 2 N–H and O–H groups in total. The zero-order valence-electron chi connectivity index (χ0n) is 12.0. The highest BCUT2D eigenvalue weighted by Crippen LogP contribution is 2.15. The van der Waals surface area contributed by atoms with Gasteiger partial charge in [-0.05, 0) is 25.8 Å². The first-order valence-corrected chi connectivity index (χ1v) is 6.94. The molecule has 0 saturated heterocycles. The maximum absolute atomic E-state index is 5.66. The Labute approximate surface area is 114 Å². The fraction of sp³-hybridized carbons (Fsp3) is 0.571. The number of nitrogens with two attached hydrogens (primary N) is 1. The number of aryl methyl sites for hydroxylation is 1. The van der Waals surface area contributed by atoms with Gasteiger partial charge in [-0.1, -0.05) is 13.8 Å². The first-order valence-electron chi connectivity index (χ1n) is 6.94. The lowest BCUT2D eigenvalue weighted by Gasteiger charge is -2.12. The van der Waals surface area contributed by atoms with Crippen molar-refractivity contribution in [3.8, 4) is 0 Å². The third-order valence-corrected chi connectivity index (χ3v) is 3.57. The van der Waals surface area contributed by atoms with Gasteiger partial charge in [0.2, 0.25) is 0 Å². The van der Waals surface area contributed by atoms with Gasteiger partial charge in [0.25, 0.3) is 0 Å². The molecule has 5 nitrogen and oxygen atoms in total. The van der Waals surface area contributed by atoms with E-state index in [1.165, 1.54) is 0 Å². The van der Waals surface area contributed by atoms with Crippen LogP contribution in [0, 0.1) is 6.92 Å². The van der Waals surface area contributed by atoms with E-state index in [2.05, 4.69) is 41.0 Å². The summed E-state index contributed by atoms with van der Waals surface area (Å²) in [7, 11) is 0. The first kappa shape index (κ1) is 13.8. The average molecular weight is 261 g/mol. The average Bonchev–Trinajstić information content (AvgIpc) is 2.98. The Bertz CT molecular complexity index is 522. The molecule has 0 unspecified atom stereocenters. The summed E-state index contributed by atoms with van der Waals surface area (Å²) in [5, 5.41) is 9.10. The predicted molar refractivity (Wildman–Crippen MR) is 75.8 cm³/mol. The van der Waals surface area contributed by atoms with E-state index in [1.807, 2.05) is 17.8 Å². The van der Waals surface area contributed by atoms with E-state index in [9.17, 15) is 0 Å². The van der Waals surface area contributed by atoms with Crippen LogP contribution in [0.15, 0.2) is 18.5 Å². The molecule has 104 valence electrons. The highest BCUT2D eigenvalue weighted by molar-refractivity contribution is 5.15. The third-order valence-electron chi connectivity index (χ3n) is 3.57. The topological polar surface area (TPSA) is 61.7 Å². The summed E-state index contributed by atoms with van der Waals surface area (Å²) in [4.78, 5) is 0. The minimum Gasteiger partial charge on any atom is -0.326 e. The molecule has 0 atom stereocenters. The van der Waals surface area contributed by atoms with Gasteiger partial charge in [-0.2, -0.15) is 10.2 Å². The Kier molecular flexibility index (Phi) is 4.37. The summed E-state index contributed by atoms with van der Waals surface area (Å²) < 4.78 is 3.98. The zero-order valence-corrected chi connectivity index (χ0v) is 12.0. The van der Waals surface area contributed by atoms with E-state index in [0.29, 0.717) is 19.1 Å². The quantitative estimate of drug-likeness (QED) is 0.867. The van der Waals surface area contributed by atoms with Crippen LogP contribution in [0.25, 0.3) is 0 Å². The van der Waals surface area contributed by atoms with E-state index < -0.39 is 0 Å². The fourth-order valence-corrected chi connectivity index (χ4v) is 2.33. The van der Waals surface area contributed by atoms with Gasteiger partial charge in [-0.15, -0.1) is 0 Å². The van der Waals surface area contributed by atoms with Crippen molar-refractivity contribution in [2.24, 2.45) is 5.73 Å². The summed E-state index contributed by atoms with van der Waals surface area (Å²) in [5.41, 5.74) is 8.80. The molecule has 2 aromatic heterocycles. The molecule has 0 fully saturated rings. The van der Waals surface area contributed by atoms with E-state index in [-0.39, 0.29) is 0 Å². The summed E-state index contributed by atoms with van der Waals surface area (Å²) in [5.74, 6) is 0. The van der Waals surface area contributed by atoms with Crippen molar-refractivity contribution >= 4 is 0 Å². The molecule has 0 aliphatic rings. The van der Waals surface area contributed by atoms with Crippen LogP contribution in [0.5, 0.6) is 0 Å². The van der Waals surface area contributed by atoms with Crippen LogP contribution >= 0.6 is 0 Å². The van der Waals surface area contributed by atoms with Crippen molar-refractivity contribution in [3.63, 3.8) is 0 Å². The van der Waals surface area contributed by atoms with Gasteiger partial charge in [-0.25, -0.2) is 0 Å². The van der Waals surface area contributed by atoms with Crippen LogP contribution < -0.4 is 5.73 Å². The predicted octanol–water partition coefficient (Wildman–Crippen LogP) is 2.26. The zero-order chi connectivity index (χ0) is 13.8. The maximum atomic E-state index is 5.66. The second kappa shape index (κ2) is 6.02. The first-order chi connectivity index (χ1) is 9.17. The summed E-state index contributed by atoms with van der Waals surface area (Å²) in [6.07, 6.45) is 6.28. The van der Waals surface area contributed by atoms with Crippen molar-refractivity contribution in [1.29, 1.82) is 0 Å². The summed E-state index contributed by atoms with van der Waals surface area (Å²) in [6.45, 7) is 7.61. The molecular weight excluding hydrogens is 238 g/mol. The second-order valence-electron chi connectivity index (χ2n) is 4.90. The van der Waals surface area contributed by atoms with Gasteiger partial charge in [0, 0.05) is 24.5 Å². The van der Waals surface area contributed by atoms with Crippen LogP contribution in [0.3, 0.4) is 0 Å². The molecule has 0 aliphatic carbocycles. The monoisotopic (exact) mass is 261 g/mol. The van der Waals surface area contributed by atoms with E-state index in [0.717, 1.165) is 29.8 Å². The highest BCUT2D eigenvalue weighted by Gasteiger charge is 2.09. The molecule has 2 rings (SSSR count). The Balaban J connectivity index is 2.10. The summed E-state index contributed by atoms with van der Waals surface area (Å²) >= 11 is 0. The maximum Gasteiger partial charge on any atom is 0.0850 e. The van der Waals surface area contributed by atoms with Gasteiger partial charge >= 0.3 is 0 Å². The van der Waals surface area contributed by atoms with Gasteiger partial charge in [-0.3, -0.25) is 9.36 Å². The van der Waals surface area contributed by atoms with Crippen LogP contribution in [-0.4, -0.2) is 19.6 Å². The number of hydrogen-bond donors (Lipinski definition) is 1. The SMILES string of the molecule is CCC(CC)n1ccc(Cn2cc(CN)c(C)n2)n1. The Morgan fingerprint density at radius 2 is 2.00 bits per heavy atom. The molecule has 19 heavy (non-hydrogen) atoms. The fourth-order valence-electron chi connectivity index (χ4n) is 2.33. The van der Waals surface area contributed by atoms with Crippen LogP contribution in [-0.2, 0) is 13.1 Å². The lowest BCUT2D eigenvalue weighted by Crippen LogP contribution is -2.09. The smallest absolute Gasteiger partial charge is 0.0850 e. The molecule has 2 heterocycles. The minimum absolute atomic E-state index is 0.493. The number of rotatable bonds is 6. The van der Waals surface area contributed by atoms with E-state index >= 15 is 0 Å². The molecule has 0 radical (unpaired) electrons. The standard InChI is InChI=1S/C14H23N5/c1-4-14(5-2)19-7-6-13(17-19)10-18-9-12(8-15)11(3)16-18/h6-7,9,14H,4-5,8,10,15H2,1-3H3. The molecule has 0 saturated carbocycles. The van der Waals surface area contributed by atoms with Crippen LogP contribution in [0.2, 0.25) is 0 Å². The highest BCUT2D eigenvalue weighted by atomic mass is 15.3. The van der Waals surface area contributed by atoms with Gasteiger partial charge < -0.3 is 5.73 Å². The van der Waals surface area contributed by atoms with Crippen molar-refractivity contribution in [2.75, 3.05) is 0 Å². The normalized spacial score (nSPS) is 11.4. The lowest BCUT2D eigenvalue weighted by atomic mass is 10.2. The Morgan fingerprint density at radius 1 is 1.26 bits per heavy atom. The molecule has 2 aromatic rings. The van der Waals surface area contributed by atoms with E-state index in [4.69, 9.17) is 5.73 Å². The largest absolute Gasteiger partial charge is 0.326 e. The molecule has 0 amide bonds. The van der Waals surface area contributed by atoms with E-state index in [1.54, 1.807) is 0 Å². The molecule has 0 aliphatic heterocycles. The second-order valence-corrected chi connectivity index (χ2v) is 4.90. The Hall–Kier alpha value is -1.62. The van der Waals surface area contributed by atoms with Crippen molar-refractivity contribution in [1.82, 2.24) is 19.6 Å². The minimum atomic E-state index is 0.493. The molecule has 0 aromatic carbocycles. The number of nitrogens with zero attached hydrogens (tertiary/aromatic N) is 4. The van der Waals surface area contributed by atoms with Crippen molar-refractivity contribution in [3.05, 3.63) is 35.4 Å². The van der Waals surface area contributed by atoms with Crippen LogP contribution in [0.4, 0.5) is 0 Å². The number of hydrogen-bond acceptors (Lipinski definition) is 3. The van der Waals surface area contributed by atoms with Gasteiger partial charge in [0.1, 0.15) is 0 Å². The number of aromatic nitrogens is 4. The third kappa shape index (κ3) is 3.04. The molecular formula is C14H23N5. The van der Waals surface area contributed by atoms with Crippen molar-refractivity contribution in [2.45, 2.75) is 52.7 Å². The van der Waals surface area contributed by atoms with Gasteiger partial charge in [0.05, 0.1) is 24.0 Å². The Morgan fingerprint density at radius 3 is 2.58 bits per heavy atom. The molecule has 5 heteroatoms. The van der Waals surface area contributed by atoms with Crippen LogP contribution in [0.1, 0.15) is 49.7 Å². The van der Waals surface area contributed by atoms with Gasteiger partial charge in [0.15, 0.2) is 0 Å². The van der Waals surface area contributed by atoms with Crippen molar-refractivity contribution < 1.29 is 0 Å².